The number of thiocarbonyl (C=S) groups is 1. The lowest BCUT2D eigenvalue weighted by molar-refractivity contribution is 0.415. The van der Waals surface area contributed by atoms with Gasteiger partial charge in [-0.2, -0.15) is 0 Å². The fourth-order valence-electron chi connectivity index (χ4n) is 1.44. The van der Waals surface area contributed by atoms with Crippen molar-refractivity contribution in [2.45, 2.75) is 0 Å². The van der Waals surface area contributed by atoms with Crippen molar-refractivity contribution < 1.29 is 4.74 Å². The maximum atomic E-state index is 5.93. The van der Waals surface area contributed by atoms with E-state index in [1.807, 2.05) is 24.3 Å². The molecule has 0 amide bonds. The highest BCUT2D eigenvalue weighted by atomic mass is 35.5. The highest BCUT2D eigenvalue weighted by molar-refractivity contribution is 7.80. The average molecular weight is 294 g/mol. The molecule has 1 heterocycles. The van der Waals surface area contributed by atoms with Crippen LogP contribution in [0.2, 0.25) is 5.15 Å². The molecule has 1 aromatic heterocycles. The summed E-state index contributed by atoms with van der Waals surface area (Å²) in [5.74, 6) is 0.791. The number of hydrogen-bond acceptors (Lipinski definition) is 3. The van der Waals surface area contributed by atoms with Crippen LogP contribution in [0.1, 0.15) is 0 Å². The Labute approximate surface area is 121 Å². The van der Waals surface area contributed by atoms with Gasteiger partial charge in [0.15, 0.2) is 10.3 Å². The smallest absolute Gasteiger partial charge is 0.175 e. The zero-order chi connectivity index (χ0) is 13.7. The van der Waals surface area contributed by atoms with E-state index >= 15 is 0 Å². The predicted molar refractivity (Wildman–Crippen MR) is 82.1 cm³/mol. The third-order valence-corrected chi connectivity index (χ3v) is 2.86. The van der Waals surface area contributed by atoms with Crippen LogP contribution in [0.3, 0.4) is 0 Å². The van der Waals surface area contributed by atoms with Crippen LogP contribution in [0.15, 0.2) is 42.6 Å². The summed E-state index contributed by atoms with van der Waals surface area (Å²) in [6.45, 7) is 0. The second-order valence-electron chi connectivity index (χ2n) is 3.65. The van der Waals surface area contributed by atoms with Crippen molar-refractivity contribution in [2.75, 3.05) is 17.7 Å². The molecule has 4 nitrogen and oxygen atoms in total. The zero-order valence-corrected chi connectivity index (χ0v) is 11.8. The van der Waals surface area contributed by atoms with Crippen molar-refractivity contribution in [2.24, 2.45) is 0 Å². The highest BCUT2D eigenvalue weighted by Gasteiger charge is 2.03. The van der Waals surface area contributed by atoms with Crippen LogP contribution in [0.25, 0.3) is 0 Å². The molecular formula is C13H12ClN3OS. The molecule has 98 valence electrons. The number of nitrogens with one attached hydrogen (secondary N) is 2. The summed E-state index contributed by atoms with van der Waals surface area (Å²) < 4.78 is 5.08. The van der Waals surface area contributed by atoms with E-state index in [1.165, 1.54) is 0 Å². The largest absolute Gasteiger partial charge is 0.497 e. The molecule has 0 fully saturated rings. The number of pyridine rings is 1. The molecule has 0 saturated carbocycles. The van der Waals surface area contributed by atoms with Crippen molar-refractivity contribution in [1.82, 2.24) is 4.98 Å². The lowest BCUT2D eigenvalue weighted by Crippen LogP contribution is -2.19. The standard InChI is InChI=1S/C13H12ClN3OS/c1-18-10-6-4-9(5-7-10)16-13(19)17-11-3-2-8-15-12(11)14/h2-8H,1H3,(H2,16,17,19). The Morgan fingerprint density at radius 1 is 1.21 bits per heavy atom. The Hall–Kier alpha value is -1.85. The molecule has 0 saturated heterocycles. The van der Waals surface area contributed by atoms with E-state index in [1.54, 1.807) is 25.4 Å². The van der Waals surface area contributed by atoms with Crippen LogP contribution in [0.4, 0.5) is 11.4 Å². The Morgan fingerprint density at radius 2 is 1.95 bits per heavy atom. The third-order valence-electron chi connectivity index (χ3n) is 2.36. The van der Waals surface area contributed by atoms with Crippen molar-refractivity contribution in [3.05, 3.63) is 47.7 Å². The second kappa shape index (κ2) is 6.36. The summed E-state index contributed by atoms with van der Waals surface area (Å²) in [6.07, 6.45) is 1.62. The number of benzene rings is 1. The topological polar surface area (TPSA) is 46.2 Å². The second-order valence-corrected chi connectivity index (χ2v) is 4.42. The molecule has 0 bridgehead atoms. The molecule has 6 heteroatoms. The van der Waals surface area contributed by atoms with Gasteiger partial charge >= 0.3 is 0 Å². The van der Waals surface area contributed by atoms with Gasteiger partial charge in [-0.15, -0.1) is 0 Å². The quantitative estimate of drug-likeness (QED) is 0.669. The minimum absolute atomic E-state index is 0.376. The van der Waals surface area contributed by atoms with Gasteiger partial charge in [0.2, 0.25) is 0 Å². The number of rotatable bonds is 3. The van der Waals surface area contributed by atoms with Gasteiger partial charge in [-0.25, -0.2) is 4.98 Å². The Balaban J connectivity index is 1.99. The summed E-state index contributed by atoms with van der Waals surface area (Å²) in [6, 6.07) is 11.0. The number of anilines is 2. The van der Waals surface area contributed by atoms with Gasteiger partial charge in [-0.3, -0.25) is 0 Å². The van der Waals surface area contributed by atoms with E-state index in [0.717, 1.165) is 11.4 Å². The first-order valence-corrected chi connectivity index (χ1v) is 6.30. The number of halogens is 1. The maximum absolute atomic E-state index is 5.93. The number of aromatic nitrogens is 1. The average Bonchev–Trinajstić information content (AvgIpc) is 2.42. The van der Waals surface area contributed by atoms with E-state index in [2.05, 4.69) is 15.6 Å². The fourth-order valence-corrected chi connectivity index (χ4v) is 1.83. The van der Waals surface area contributed by atoms with Gasteiger partial charge in [0.25, 0.3) is 0 Å². The lowest BCUT2D eigenvalue weighted by atomic mass is 10.3. The van der Waals surface area contributed by atoms with Gasteiger partial charge in [-0.05, 0) is 48.6 Å². The molecule has 2 aromatic rings. The van der Waals surface area contributed by atoms with Gasteiger partial charge in [0.05, 0.1) is 12.8 Å². The summed E-state index contributed by atoms with van der Waals surface area (Å²) in [5, 5.41) is 6.85. The molecule has 19 heavy (non-hydrogen) atoms. The number of hydrogen-bond donors (Lipinski definition) is 2. The van der Waals surface area contributed by atoms with E-state index in [4.69, 9.17) is 28.6 Å². The Kier molecular flexibility index (Phi) is 4.54. The molecule has 0 unspecified atom stereocenters. The first kappa shape index (κ1) is 13.6. The third kappa shape index (κ3) is 3.81. The molecule has 2 N–H and O–H groups in total. The van der Waals surface area contributed by atoms with Gasteiger partial charge in [0.1, 0.15) is 5.75 Å². The minimum Gasteiger partial charge on any atom is -0.497 e. The summed E-state index contributed by atoms with van der Waals surface area (Å²) in [7, 11) is 1.62. The predicted octanol–water partition coefficient (Wildman–Crippen LogP) is 3.55. The van der Waals surface area contributed by atoms with Crippen LogP contribution in [0, 0.1) is 0 Å². The lowest BCUT2D eigenvalue weighted by Gasteiger charge is -2.11. The monoisotopic (exact) mass is 293 g/mol. The van der Waals surface area contributed by atoms with Gasteiger partial charge in [-0.1, -0.05) is 11.6 Å². The van der Waals surface area contributed by atoms with Crippen molar-refractivity contribution in [1.29, 1.82) is 0 Å². The number of ether oxygens (including phenoxy) is 1. The SMILES string of the molecule is COc1ccc(NC(=S)Nc2cccnc2Cl)cc1. The molecule has 0 aliphatic rings. The Bertz CT molecular complexity index is 574. The van der Waals surface area contributed by atoms with E-state index in [-0.39, 0.29) is 0 Å². The van der Waals surface area contributed by atoms with Crippen molar-refractivity contribution in [3.8, 4) is 5.75 Å². The van der Waals surface area contributed by atoms with Gasteiger partial charge < -0.3 is 15.4 Å². The van der Waals surface area contributed by atoms with Crippen molar-refractivity contribution >= 4 is 40.3 Å². The summed E-state index contributed by atoms with van der Waals surface area (Å²) >= 11 is 11.1. The number of nitrogens with zero attached hydrogens (tertiary/aromatic N) is 1. The molecule has 0 aliphatic heterocycles. The van der Waals surface area contributed by atoms with Crippen LogP contribution >= 0.6 is 23.8 Å². The zero-order valence-electron chi connectivity index (χ0n) is 10.2. The van der Waals surface area contributed by atoms with E-state index in [9.17, 15) is 0 Å². The molecule has 0 atom stereocenters. The maximum Gasteiger partial charge on any atom is 0.175 e. The normalized spacial score (nSPS) is 9.79. The highest BCUT2D eigenvalue weighted by Crippen LogP contribution is 2.19. The van der Waals surface area contributed by atoms with E-state index in [0.29, 0.717) is 16.0 Å². The fraction of sp³-hybridized carbons (Fsp3) is 0.0769. The van der Waals surface area contributed by atoms with Crippen LogP contribution in [0.5, 0.6) is 5.75 Å². The van der Waals surface area contributed by atoms with Crippen molar-refractivity contribution in [3.63, 3.8) is 0 Å². The van der Waals surface area contributed by atoms with Crippen LogP contribution in [-0.4, -0.2) is 17.2 Å². The van der Waals surface area contributed by atoms with Gasteiger partial charge in [0, 0.05) is 11.9 Å². The molecule has 0 spiro atoms. The van der Waals surface area contributed by atoms with E-state index < -0.39 is 0 Å². The van der Waals surface area contributed by atoms with Crippen LogP contribution < -0.4 is 15.4 Å². The Morgan fingerprint density at radius 3 is 2.58 bits per heavy atom. The molecule has 1 aromatic carbocycles. The summed E-state index contributed by atoms with van der Waals surface area (Å²) in [5.41, 5.74) is 1.52. The first-order chi connectivity index (χ1) is 9.19. The molecule has 2 rings (SSSR count). The molecule has 0 aliphatic carbocycles. The molecule has 0 radical (unpaired) electrons. The van der Waals surface area contributed by atoms with Crippen LogP contribution in [-0.2, 0) is 0 Å². The molecular weight excluding hydrogens is 282 g/mol. The minimum atomic E-state index is 0.376. The summed E-state index contributed by atoms with van der Waals surface area (Å²) in [4.78, 5) is 3.96. The first-order valence-electron chi connectivity index (χ1n) is 5.51. The number of methoxy groups -OCH3 is 1.